The summed E-state index contributed by atoms with van der Waals surface area (Å²) < 4.78 is 6.73. The molecule has 0 fully saturated rings. The molecule has 4 aromatic rings. The van der Waals surface area contributed by atoms with E-state index in [-0.39, 0.29) is 12.1 Å². The second-order valence-electron chi connectivity index (χ2n) is 5.08. The molecule has 2 aromatic heterocycles. The molecule has 0 aliphatic carbocycles. The summed E-state index contributed by atoms with van der Waals surface area (Å²) in [5.41, 5.74) is 1.39. The molecule has 112 valence electrons. The zero-order valence-electron chi connectivity index (χ0n) is 12.1. The van der Waals surface area contributed by atoms with Gasteiger partial charge in [0.05, 0.1) is 23.8 Å². The summed E-state index contributed by atoms with van der Waals surface area (Å²) in [6, 6.07) is 16.7. The molecule has 23 heavy (non-hydrogen) atoms. The molecule has 6 nitrogen and oxygen atoms in total. The molecule has 0 saturated carbocycles. The van der Waals surface area contributed by atoms with E-state index in [1.165, 1.54) is 10.9 Å². The fraction of sp³-hybridized carbons (Fsp3) is 0.0588. The molecule has 0 saturated heterocycles. The van der Waals surface area contributed by atoms with Gasteiger partial charge in [0.15, 0.2) is 5.82 Å². The highest BCUT2D eigenvalue weighted by atomic mass is 16.5. The van der Waals surface area contributed by atoms with Gasteiger partial charge in [-0.2, -0.15) is 4.98 Å². The summed E-state index contributed by atoms with van der Waals surface area (Å²) in [7, 11) is 0. The zero-order valence-corrected chi connectivity index (χ0v) is 12.1. The minimum atomic E-state index is -0.123. The Hall–Kier alpha value is -3.28. The van der Waals surface area contributed by atoms with Gasteiger partial charge >= 0.3 is 0 Å². The van der Waals surface area contributed by atoms with Crippen LogP contribution in [-0.2, 0) is 6.54 Å². The van der Waals surface area contributed by atoms with Gasteiger partial charge in [-0.1, -0.05) is 35.5 Å². The zero-order chi connectivity index (χ0) is 15.6. The Morgan fingerprint density at radius 2 is 1.78 bits per heavy atom. The van der Waals surface area contributed by atoms with E-state index in [1.807, 2.05) is 48.5 Å². The third kappa shape index (κ3) is 2.50. The van der Waals surface area contributed by atoms with Crippen molar-refractivity contribution in [2.75, 3.05) is 0 Å². The molecule has 0 spiro atoms. The van der Waals surface area contributed by atoms with E-state index in [2.05, 4.69) is 15.1 Å². The Bertz CT molecular complexity index is 1020. The molecule has 0 N–H and O–H groups in total. The number of rotatable bonds is 3. The number of fused-ring (bicyclic) bond motifs is 1. The molecule has 2 aromatic carbocycles. The third-order valence-electron chi connectivity index (χ3n) is 3.53. The van der Waals surface area contributed by atoms with Gasteiger partial charge in [0.1, 0.15) is 0 Å². The molecular weight excluding hydrogens is 292 g/mol. The van der Waals surface area contributed by atoms with E-state index < -0.39 is 0 Å². The molecule has 0 aliphatic heterocycles. The van der Waals surface area contributed by atoms with Crippen molar-refractivity contribution in [1.82, 2.24) is 19.7 Å². The SMILES string of the molecule is O=c1c2ccccc2ncn1Cc1noc(-c2ccccc2)n1. The molecule has 0 unspecified atom stereocenters. The molecule has 0 bridgehead atoms. The van der Waals surface area contributed by atoms with Crippen LogP contribution in [0.3, 0.4) is 0 Å². The van der Waals surface area contributed by atoms with Crippen LogP contribution in [0.4, 0.5) is 0 Å². The molecule has 0 atom stereocenters. The molecule has 0 amide bonds. The van der Waals surface area contributed by atoms with Crippen molar-refractivity contribution in [2.45, 2.75) is 6.54 Å². The summed E-state index contributed by atoms with van der Waals surface area (Å²) in [4.78, 5) is 21.1. The summed E-state index contributed by atoms with van der Waals surface area (Å²) in [5.74, 6) is 0.866. The molecule has 0 radical (unpaired) electrons. The average molecular weight is 304 g/mol. The van der Waals surface area contributed by atoms with Crippen molar-refractivity contribution in [2.24, 2.45) is 0 Å². The van der Waals surface area contributed by atoms with E-state index in [9.17, 15) is 4.79 Å². The number of para-hydroxylation sites is 1. The highest BCUT2D eigenvalue weighted by molar-refractivity contribution is 5.76. The maximum atomic E-state index is 12.4. The lowest BCUT2D eigenvalue weighted by Gasteiger charge is -2.03. The first-order valence-corrected chi connectivity index (χ1v) is 7.13. The van der Waals surface area contributed by atoms with Gasteiger partial charge < -0.3 is 4.52 Å². The summed E-state index contributed by atoms with van der Waals surface area (Å²) in [6.07, 6.45) is 1.50. The van der Waals surface area contributed by atoms with Crippen LogP contribution in [0.1, 0.15) is 5.82 Å². The largest absolute Gasteiger partial charge is 0.334 e. The lowest BCUT2D eigenvalue weighted by molar-refractivity contribution is 0.420. The van der Waals surface area contributed by atoms with Gasteiger partial charge in [-0.25, -0.2) is 4.98 Å². The lowest BCUT2D eigenvalue weighted by atomic mass is 10.2. The number of benzene rings is 2. The van der Waals surface area contributed by atoms with Gasteiger partial charge in [0, 0.05) is 5.56 Å². The molecule has 6 heteroatoms. The lowest BCUT2D eigenvalue weighted by Crippen LogP contribution is -2.21. The van der Waals surface area contributed by atoms with Crippen LogP contribution in [0.2, 0.25) is 0 Å². The first kappa shape index (κ1) is 13.4. The predicted octanol–water partition coefficient (Wildman–Crippen LogP) is 2.49. The Labute approximate surface area is 131 Å². The third-order valence-corrected chi connectivity index (χ3v) is 3.53. The van der Waals surface area contributed by atoms with E-state index in [0.717, 1.165) is 5.56 Å². The maximum absolute atomic E-state index is 12.4. The minimum Gasteiger partial charge on any atom is -0.334 e. The fourth-order valence-electron chi connectivity index (χ4n) is 2.39. The first-order chi connectivity index (χ1) is 11.3. The Kier molecular flexibility index (Phi) is 3.20. The quantitative estimate of drug-likeness (QED) is 0.581. The van der Waals surface area contributed by atoms with Crippen LogP contribution < -0.4 is 5.56 Å². The summed E-state index contributed by atoms with van der Waals surface area (Å²) >= 11 is 0. The maximum Gasteiger partial charge on any atom is 0.261 e. The monoisotopic (exact) mass is 304 g/mol. The minimum absolute atomic E-state index is 0.123. The topological polar surface area (TPSA) is 73.8 Å². The fourth-order valence-corrected chi connectivity index (χ4v) is 2.39. The highest BCUT2D eigenvalue weighted by Gasteiger charge is 2.10. The van der Waals surface area contributed by atoms with Crippen LogP contribution in [0, 0.1) is 0 Å². The van der Waals surface area contributed by atoms with E-state index >= 15 is 0 Å². The molecular formula is C17H12N4O2. The standard InChI is InChI=1S/C17H12N4O2/c22-17-13-8-4-5-9-14(13)18-11-21(17)10-15-19-16(23-20-15)12-6-2-1-3-7-12/h1-9,11H,10H2. The van der Waals surface area contributed by atoms with Gasteiger partial charge in [-0.15, -0.1) is 0 Å². The number of hydrogen-bond donors (Lipinski definition) is 0. The van der Waals surface area contributed by atoms with E-state index in [1.54, 1.807) is 6.07 Å². The summed E-state index contributed by atoms with van der Waals surface area (Å²) in [6.45, 7) is 0.215. The van der Waals surface area contributed by atoms with Crippen molar-refractivity contribution in [3.8, 4) is 11.5 Å². The smallest absolute Gasteiger partial charge is 0.261 e. The van der Waals surface area contributed by atoms with E-state index in [4.69, 9.17) is 4.52 Å². The Balaban J connectivity index is 1.68. The van der Waals surface area contributed by atoms with Crippen molar-refractivity contribution in [1.29, 1.82) is 0 Å². The van der Waals surface area contributed by atoms with Gasteiger partial charge in [-0.05, 0) is 24.3 Å². The highest BCUT2D eigenvalue weighted by Crippen LogP contribution is 2.16. The van der Waals surface area contributed by atoms with Crippen LogP contribution in [0.25, 0.3) is 22.4 Å². The van der Waals surface area contributed by atoms with E-state index in [0.29, 0.717) is 22.6 Å². The van der Waals surface area contributed by atoms with Crippen LogP contribution in [-0.4, -0.2) is 19.7 Å². The molecule has 4 rings (SSSR count). The second-order valence-corrected chi connectivity index (χ2v) is 5.08. The predicted molar refractivity (Wildman–Crippen MR) is 84.8 cm³/mol. The van der Waals surface area contributed by atoms with Crippen molar-refractivity contribution in [3.05, 3.63) is 77.1 Å². The van der Waals surface area contributed by atoms with Gasteiger partial charge in [0.25, 0.3) is 11.4 Å². The van der Waals surface area contributed by atoms with Crippen molar-refractivity contribution >= 4 is 10.9 Å². The van der Waals surface area contributed by atoms with Crippen molar-refractivity contribution in [3.63, 3.8) is 0 Å². The van der Waals surface area contributed by atoms with Crippen LogP contribution >= 0.6 is 0 Å². The first-order valence-electron chi connectivity index (χ1n) is 7.13. The number of nitrogens with zero attached hydrogens (tertiary/aromatic N) is 4. The van der Waals surface area contributed by atoms with Gasteiger partial charge in [0.2, 0.25) is 0 Å². The average Bonchev–Trinajstić information content (AvgIpc) is 3.07. The number of hydrogen-bond acceptors (Lipinski definition) is 5. The molecule has 0 aliphatic rings. The summed E-state index contributed by atoms with van der Waals surface area (Å²) in [5, 5.41) is 4.51. The van der Waals surface area contributed by atoms with Crippen molar-refractivity contribution < 1.29 is 4.52 Å². The normalized spacial score (nSPS) is 11.0. The molecule has 2 heterocycles. The van der Waals surface area contributed by atoms with Crippen LogP contribution in [0.5, 0.6) is 0 Å². The Morgan fingerprint density at radius 1 is 1.00 bits per heavy atom. The second kappa shape index (κ2) is 5.49. The number of aromatic nitrogens is 4. The van der Waals surface area contributed by atoms with Crippen LogP contribution in [0.15, 0.2) is 70.2 Å². The Morgan fingerprint density at radius 3 is 2.65 bits per heavy atom. The van der Waals surface area contributed by atoms with Gasteiger partial charge in [-0.3, -0.25) is 9.36 Å².